The molecule has 1 aliphatic rings. The fourth-order valence-corrected chi connectivity index (χ4v) is 3.14. The third-order valence-corrected chi connectivity index (χ3v) is 4.42. The molecule has 0 aliphatic carbocycles. The van der Waals surface area contributed by atoms with Gasteiger partial charge in [0.05, 0.1) is 12.2 Å². The van der Waals surface area contributed by atoms with Crippen LogP contribution in [-0.4, -0.2) is 56.5 Å². The van der Waals surface area contributed by atoms with Crippen molar-refractivity contribution in [2.24, 2.45) is 5.92 Å². The first-order chi connectivity index (χ1) is 12.2. The molecule has 1 fully saturated rings. The minimum Gasteiger partial charge on any atom is -0.493 e. The highest BCUT2D eigenvalue weighted by atomic mass is 16.5. The summed E-state index contributed by atoms with van der Waals surface area (Å²) in [7, 11) is 1.94. The average Bonchev–Trinajstić information content (AvgIpc) is 3.08. The molecule has 2 N–H and O–H groups in total. The number of ether oxygens (including phenoxy) is 1. The van der Waals surface area contributed by atoms with Crippen molar-refractivity contribution in [1.29, 1.82) is 0 Å². The van der Waals surface area contributed by atoms with Gasteiger partial charge in [-0.2, -0.15) is 0 Å². The van der Waals surface area contributed by atoms with Gasteiger partial charge in [0.15, 0.2) is 0 Å². The number of likely N-dealkylation sites (tertiary alicyclic amines) is 1. The molecule has 0 saturated carbocycles. The Labute approximate surface area is 149 Å². The van der Waals surface area contributed by atoms with E-state index in [4.69, 9.17) is 4.74 Å². The predicted molar refractivity (Wildman–Crippen MR) is 97.8 cm³/mol. The van der Waals surface area contributed by atoms with E-state index in [0.29, 0.717) is 43.2 Å². The van der Waals surface area contributed by atoms with Crippen molar-refractivity contribution in [3.05, 3.63) is 29.8 Å². The summed E-state index contributed by atoms with van der Waals surface area (Å²) in [4.78, 5) is 26.4. The highest BCUT2D eigenvalue weighted by molar-refractivity contribution is 5.96. The number of amides is 2. The molecule has 0 aromatic heterocycles. The maximum atomic E-state index is 12.3. The molecule has 0 radical (unpaired) electrons. The van der Waals surface area contributed by atoms with Gasteiger partial charge >= 0.3 is 0 Å². The van der Waals surface area contributed by atoms with Crippen molar-refractivity contribution in [3.63, 3.8) is 0 Å². The summed E-state index contributed by atoms with van der Waals surface area (Å²) in [5, 5.41) is 6.04. The molecule has 1 unspecified atom stereocenters. The van der Waals surface area contributed by atoms with Crippen molar-refractivity contribution < 1.29 is 14.3 Å². The van der Waals surface area contributed by atoms with Crippen LogP contribution in [0.4, 0.5) is 0 Å². The molecular weight excluding hydrogens is 318 g/mol. The summed E-state index contributed by atoms with van der Waals surface area (Å²) in [6.45, 7) is 5.54. The number of nitrogens with zero attached hydrogens (tertiary/aromatic N) is 1. The van der Waals surface area contributed by atoms with E-state index in [-0.39, 0.29) is 11.8 Å². The molecule has 1 aromatic carbocycles. The molecule has 6 nitrogen and oxygen atoms in total. The third kappa shape index (κ3) is 5.74. The van der Waals surface area contributed by atoms with E-state index in [9.17, 15) is 9.59 Å². The van der Waals surface area contributed by atoms with Crippen LogP contribution in [0, 0.1) is 5.92 Å². The van der Waals surface area contributed by atoms with E-state index in [2.05, 4.69) is 10.6 Å². The van der Waals surface area contributed by atoms with Gasteiger partial charge in [0.2, 0.25) is 5.91 Å². The van der Waals surface area contributed by atoms with E-state index in [1.165, 1.54) is 0 Å². The van der Waals surface area contributed by atoms with E-state index in [0.717, 1.165) is 26.1 Å². The number of carbonyl (C=O) groups excluding carboxylic acids is 2. The van der Waals surface area contributed by atoms with Gasteiger partial charge in [-0.15, -0.1) is 0 Å². The average molecular weight is 347 g/mol. The van der Waals surface area contributed by atoms with Gasteiger partial charge in [-0.25, -0.2) is 0 Å². The lowest BCUT2D eigenvalue weighted by Gasteiger charge is -2.16. The molecule has 1 aliphatic heterocycles. The Kier molecular flexibility index (Phi) is 7.73. The van der Waals surface area contributed by atoms with Crippen LogP contribution < -0.4 is 15.4 Å². The van der Waals surface area contributed by atoms with Crippen LogP contribution in [-0.2, 0) is 4.79 Å². The minimum absolute atomic E-state index is 0.160. The van der Waals surface area contributed by atoms with E-state index < -0.39 is 0 Å². The lowest BCUT2D eigenvalue weighted by Crippen LogP contribution is -2.31. The first kappa shape index (κ1) is 19.2. The monoisotopic (exact) mass is 347 g/mol. The van der Waals surface area contributed by atoms with Gasteiger partial charge in [0.1, 0.15) is 5.75 Å². The summed E-state index contributed by atoms with van der Waals surface area (Å²) >= 11 is 0. The van der Waals surface area contributed by atoms with Crippen LogP contribution in [0.5, 0.6) is 5.75 Å². The molecule has 0 spiro atoms. The Morgan fingerprint density at radius 3 is 2.88 bits per heavy atom. The number of nitrogens with one attached hydrogen (secondary N) is 2. The number of carbonyl (C=O) groups is 2. The molecule has 25 heavy (non-hydrogen) atoms. The number of para-hydroxylation sites is 1. The Balaban J connectivity index is 1.71. The van der Waals surface area contributed by atoms with Crippen molar-refractivity contribution in [2.75, 3.05) is 39.8 Å². The summed E-state index contributed by atoms with van der Waals surface area (Å²) in [6, 6.07) is 7.20. The van der Waals surface area contributed by atoms with Crippen LogP contribution in [0.3, 0.4) is 0 Å². The lowest BCUT2D eigenvalue weighted by molar-refractivity contribution is -0.130. The fourth-order valence-electron chi connectivity index (χ4n) is 3.14. The minimum atomic E-state index is -0.160. The van der Waals surface area contributed by atoms with E-state index >= 15 is 0 Å². The Morgan fingerprint density at radius 1 is 1.32 bits per heavy atom. The number of hydrogen-bond donors (Lipinski definition) is 2. The summed E-state index contributed by atoms with van der Waals surface area (Å²) in [6.07, 6.45) is 2.19. The van der Waals surface area contributed by atoms with Crippen molar-refractivity contribution in [1.82, 2.24) is 15.5 Å². The zero-order valence-electron chi connectivity index (χ0n) is 15.2. The van der Waals surface area contributed by atoms with Crippen molar-refractivity contribution >= 4 is 11.8 Å². The third-order valence-electron chi connectivity index (χ3n) is 4.42. The molecule has 0 bridgehead atoms. The second-order valence-electron chi connectivity index (χ2n) is 6.34. The normalized spacial score (nSPS) is 16.7. The van der Waals surface area contributed by atoms with E-state index in [1.54, 1.807) is 12.1 Å². The van der Waals surface area contributed by atoms with Crippen LogP contribution >= 0.6 is 0 Å². The second-order valence-corrected chi connectivity index (χ2v) is 6.34. The van der Waals surface area contributed by atoms with Crippen LogP contribution in [0.1, 0.15) is 36.5 Å². The quantitative estimate of drug-likeness (QED) is 0.667. The maximum absolute atomic E-state index is 12.3. The molecule has 2 rings (SSSR count). The molecule has 2 amide bonds. The topological polar surface area (TPSA) is 70.7 Å². The maximum Gasteiger partial charge on any atom is 0.255 e. The Morgan fingerprint density at radius 2 is 2.12 bits per heavy atom. The first-order valence-corrected chi connectivity index (χ1v) is 9.08. The SMILES string of the molecule is CCOc1ccccc1C(=O)NCCCC(=O)N1CCC(CNC)C1. The van der Waals surface area contributed by atoms with Crippen LogP contribution in [0.25, 0.3) is 0 Å². The molecule has 6 heteroatoms. The van der Waals surface area contributed by atoms with Gasteiger partial charge in [0.25, 0.3) is 5.91 Å². The summed E-state index contributed by atoms with van der Waals surface area (Å²) in [5.74, 6) is 1.17. The molecule has 1 heterocycles. The fraction of sp³-hybridized carbons (Fsp3) is 0.579. The highest BCUT2D eigenvalue weighted by Gasteiger charge is 2.25. The van der Waals surface area contributed by atoms with Crippen molar-refractivity contribution in [3.8, 4) is 5.75 Å². The Bertz CT molecular complexity index is 577. The molecular formula is C19H29N3O3. The van der Waals surface area contributed by atoms with Crippen LogP contribution in [0.15, 0.2) is 24.3 Å². The number of benzene rings is 1. The zero-order chi connectivity index (χ0) is 18.1. The standard InChI is InChI=1S/C19H29N3O3/c1-3-25-17-8-5-4-7-16(17)19(24)21-11-6-9-18(23)22-12-10-15(14-22)13-20-2/h4-5,7-8,15,20H,3,6,9-14H2,1-2H3,(H,21,24). The molecule has 1 atom stereocenters. The van der Waals surface area contributed by atoms with Gasteiger partial charge in [-0.1, -0.05) is 12.1 Å². The second kappa shape index (κ2) is 10.0. The van der Waals surface area contributed by atoms with Gasteiger partial charge < -0.3 is 20.3 Å². The Hall–Kier alpha value is -2.08. The molecule has 138 valence electrons. The van der Waals surface area contributed by atoms with Gasteiger partial charge in [-0.3, -0.25) is 9.59 Å². The van der Waals surface area contributed by atoms with Crippen molar-refractivity contribution in [2.45, 2.75) is 26.2 Å². The van der Waals surface area contributed by atoms with E-state index in [1.807, 2.05) is 31.0 Å². The first-order valence-electron chi connectivity index (χ1n) is 9.08. The zero-order valence-corrected chi connectivity index (χ0v) is 15.2. The number of rotatable bonds is 9. The molecule has 1 saturated heterocycles. The van der Waals surface area contributed by atoms with Gasteiger partial charge in [0, 0.05) is 26.1 Å². The smallest absolute Gasteiger partial charge is 0.255 e. The number of hydrogen-bond acceptors (Lipinski definition) is 4. The lowest BCUT2D eigenvalue weighted by atomic mass is 10.1. The summed E-state index contributed by atoms with van der Waals surface area (Å²) < 4.78 is 5.47. The van der Waals surface area contributed by atoms with Crippen LogP contribution in [0.2, 0.25) is 0 Å². The highest BCUT2D eigenvalue weighted by Crippen LogP contribution is 2.18. The largest absolute Gasteiger partial charge is 0.493 e. The molecule has 1 aromatic rings. The van der Waals surface area contributed by atoms with Gasteiger partial charge in [-0.05, 0) is 51.4 Å². The summed E-state index contributed by atoms with van der Waals surface area (Å²) in [5.41, 5.74) is 0.533. The predicted octanol–water partition coefficient (Wildman–Crippen LogP) is 1.66.